The number of aliphatic hydroxyl groups excluding tert-OH is 1. The molecule has 2 unspecified atom stereocenters. The Hall–Kier alpha value is -0.340. The van der Waals surface area contributed by atoms with Gasteiger partial charge in [0.2, 0.25) is 0 Å². The molecule has 2 heteroatoms. The largest absolute Gasteiger partial charge is 0.393 e. The van der Waals surface area contributed by atoms with Crippen molar-refractivity contribution in [2.45, 2.75) is 50.7 Å². The van der Waals surface area contributed by atoms with Gasteiger partial charge in [0.1, 0.15) is 0 Å². The topological polar surface area (TPSA) is 32.3 Å². The predicted molar refractivity (Wildman–Crippen MR) is 58.1 cm³/mol. The molecule has 0 aliphatic heterocycles. The van der Waals surface area contributed by atoms with Crippen molar-refractivity contribution in [1.82, 2.24) is 5.32 Å². The maximum absolute atomic E-state index is 9.79. The maximum atomic E-state index is 9.79. The third-order valence-corrected chi connectivity index (χ3v) is 3.55. The monoisotopic (exact) mass is 195 g/mol. The average Bonchev–Trinajstić information content (AvgIpc) is 2.69. The van der Waals surface area contributed by atoms with Crippen molar-refractivity contribution >= 4 is 0 Å². The Morgan fingerprint density at radius 2 is 1.86 bits per heavy atom. The molecule has 2 nitrogen and oxygen atoms in total. The van der Waals surface area contributed by atoms with Gasteiger partial charge in [-0.05, 0) is 31.6 Å². The Balaban J connectivity index is 1.68. The highest BCUT2D eigenvalue weighted by Gasteiger charge is 2.23. The van der Waals surface area contributed by atoms with Crippen LogP contribution in [-0.4, -0.2) is 23.8 Å². The molecule has 0 radical (unpaired) electrons. The second-order valence-corrected chi connectivity index (χ2v) is 4.66. The SMILES string of the molecule is OC1CCCCC1CNC1CC=CC1. The molecule has 0 spiro atoms. The van der Waals surface area contributed by atoms with Crippen LogP contribution < -0.4 is 5.32 Å². The Bertz CT molecular complexity index is 194. The molecule has 0 bridgehead atoms. The van der Waals surface area contributed by atoms with E-state index in [1.165, 1.54) is 32.1 Å². The molecule has 2 N–H and O–H groups in total. The molecule has 2 atom stereocenters. The number of aliphatic hydroxyl groups is 1. The molecule has 2 aliphatic rings. The fourth-order valence-electron chi connectivity index (χ4n) is 2.53. The summed E-state index contributed by atoms with van der Waals surface area (Å²) in [5.74, 6) is 0.504. The van der Waals surface area contributed by atoms with Crippen LogP contribution in [0.25, 0.3) is 0 Å². The van der Waals surface area contributed by atoms with E-state index >= 15 is 0 Å². The zero-order chi connectivity index (χ0) is 9.80. The van der Waals surface area contributed by atoms with Gasteiger partial charge in [-0.1, -0.05) is 25.0 Å². The summed E-state index contributed by atoms with van der Waals surface area (Å²) in [6.07, 6.45) is 11.5. The van der Waals surface area contributed by atoms with Crippen molar-refractivity contribution < 1.29 is 5.11 Å². The van der Waals surface area contributed by atoms with E-state index in [0.29, 0.717) is 12.0 Å². The Morgan fingerprint density at radius 1 is 1.14 bits per heavy atom. The van der Waals surface area contributed by atoms with E-state index in [-0.39, 0.29) is 6.10 Å². The molecule has 2 rings (SSSR count). The highest BCUT2D eigenvalue weighted by molar-refractivity contribution is 4.98. The van der Waals surface area contributed by atoms with Crippen molar-refractivity contribution in [1.29, 1.82) is 0 Å². The van der Waals surface area contributed by atoms with Crippen LogP contribution in [-0.2, 0) is 0 Å². The highest BCUT2D eigenvalue weighted by atomic mass is 16.3. The van der Waals surface area contributed by atoms with E-state index in [0.717, 1.165) is 13.0 Å². The first-order valence-corrected chi connectivity index (χ1v) is 5.92. The first-order chi connectivity index (χ1) is 6.86. The lowest BCUT2D eigenvalue weighted by Crippen LogP contribution is -2.37. The van der Waals surface area contributed by atoms with Crippen LogP contribution in [0.3, 0.4) is 0 Å². The summed E-state index contributed by atoms with van der Waals surface area (Å²) in [6, 6.07) is 0.643. The molecule has 1 saturated carbocycles. The third-order valence-electron chi connectivity index (χ3n) is 3.55. The molecule has 1 fully saturated rings. The number of hydrogen-bond donors (Lipinski definition) is 2. The van der Waals surface area contributed by atoms with Crippen LogP contribution in [0.5, 0.6) is 0 Å². The molecule has 14 heavy (non-hydrogen) atoms. The molecule has 80 valence electrons. The zero-order valence-corrected chi connectivity index (χ0v) is 8.78. The van der Waals surface area contributed by atoms with Gasteiger partial charge in [0.05, 0.1) is 6.10 Å². The maximum Gasteiger partial charge on any atom is 0.0580 e. The second kappa shape index (κ2) is 4.94. The van der Waals surface area contributed by atoms with Gasteiger partial charge in [0.25, 0.3) is 0 Å². The second-order valence-electron chi connectivity index (χ2n) is 4.66. The Kier molecular flexibility index (Phi) is 3.60. The standard InChI is InChI=1S/C12H21NO/c14-12-8-4-1-5-10(12)9-13-11-6-2-3-7-11/h2-3,10-14H,1,4-9H2. The summed E-state index contributed by atoms with van der Waals surface area (Å²) in [7, 11) is 0. The fourth-order valence-corrected chi connectivity index (χ4v) is 2.53. The molecule has 0 heterocycles. The van der Waals surface area contributed by atoms with Crippen molar-refractivity contribution in [2.75, 3.05) is 6.54 Å². The molecule has 2 aliphatic carbocycles. The quantitative estimate of drug-likeness (QED) is 0.674. The van der Waals surface area contributed by atoms with Crippen molar-refractivity contribution in [3.8, 4) is 0 Å². The molecular weight excluding hydrogens is 174 g/mol. The van der Waals surface area contributed by atoms with Crippen LogP contribution in [0.2, 0.25) is 0 Å². The van der Waals surface area contributed by atoms with Gasteiger partial charge < -0.3 is 10.4 Å². The van der Waals surface area contributed by atoms with Crippen LogP contribution in [0.4, 0.5) is 0 Å². The summed E-state index contributed by atoms with van der Waals surface area (Å²) >= 11 is 0. The minimum absolute atomic E-state index is 0.0504. The summed E-state index contributed by atoms with van der Waals surface area (Å²) in [5.41, 5.74) is 0. The summed E-state index contributed by atoms with van der Waals surface area (Å²) in [4.78, 5) is 0. The lowest BCUT2D eigenvalue weighted by molar-refractivity contribution is 0.0683. The first-order valence-electron chi connectivity index (χ1n) is 5.92. The van der Waals surface area contributed by atoms with Crippen LogP contribution in [0.1, 0.15) is 38.5 Å². The van der Waals surface area contributed by atoms with Gasteiger partial charge >= 0.3 is 0 Å². The van der Waals surface area contributed by atoms with Crippen molar-refractivity contribution in [2.24, 2.45) is 5.92 Å². The van der Waals surface area contributed by atoms with Crippen molar-refractivity contribution in [3.63, 3.8) is 0 Å². The molecule has 0 saturated heterocycles. The van der Waals surface area contributed by atoms with E-state index in [1.54, 1.807) is 0 Å². The molecule has 0 aromatic rings. The van der Waals surface area contributed by atoms with E-state index in [4.69, 9.17) is 0 Å². The lowest BCUT2D eigenvalue weighted by Gasteiger charge is -2.28. The van der Waals surface area contributed by atoms with Crippen LogP contribution in [0, 0.1) is 5.92 Å². The summed E-state index contributed by atoms with van der Waals surface area (Å²) < 4.78 is 0. The summed E-state index contributed by atoms with van der Waals surface area (Å²) in [5, 5.41) is 13.3. The molecular formula is C12H21NO. The minimum Gasteiger partial charge on any atom is -0.393 e. The third kappa shape index (κ3) is 2.58. The number of rotatable bonds is 3. The van der Waals surface area contributed by atoms with Gasteiger partial charge in [-0.15, -0.1) is 0 Å². The van der Waals surface area contributed by atoms with E-state index in [1.807, 2.05) is 0 Å². The van der Waals surface area contributed by atoms with E-state index < -0.39 is 0 Å². The molecule has 0 aromatic carbocycles. The van der Waals surface area contributed by atoms with Crippen molar-refractivity contribution in [3.05, 3.63) is 12.2 Å². The van der Waals surface area contributed by atoms with Gasteiger partial charge in [-0.25, -0.2) is 0 Å². The fraction of sp³-hybridized carbons (Fsp3) is 0.833. The number of hydrogen-bond acceptors (Lipinski definition) is 2. The van der Waals surface area contributed by atoms with E-state index in [2.05, 4.69) is 17.5 Å². The average molecular weight is 195 g/mol. The van der Waals surface area contributed by atoms with Gasteiger partial charge in [-0.3, -0.25) is 0 Å². The smallest absolute Gasteiger partial charge is 0.0580 e. The molecule has 0 amide bonds. The minimum atomic E-state index is -0.0504. The predicted octanol–water partition coefficient (Wildman–Crippen LogP) is 1.85. The molecule has 0 aromatic heterocycles. The normalized spacial score (nSPS) is 33.8. The van der Waals surface area contributed by atoms with E-state index in [9.17, 15) is 5.11 Å². The van der Waals surface area contributed by atoms with Crippen LogP contribution in [0.15, 0.2) is 12.2 Å². The lowest BCUT2D eigenvalue weighted by atomic mass is 9.86. The first kappa shape index (κ1) is 10.2. The summed E-state index contributed by atoms with van der Waals surface area (Å²) in [6.45, 7) is 1.01. The van der Waals surface area contributed by atoms with Gasteiger partial charge in [0, 0.05) is 12.6 Å². The zero-order valence-electron chi connectivity index (χ0n) is 8.78. The van der Waals surface area contributed by atoms with Crippen LogP contribution >= 0.6 is 0 Å². The number of nitrogens with one attached hydrogen (secondary N) is 1. The van der Waals surface area contributed by atoms with Gasteiger partial charge in [-0.2, -0.15) is 0 Å². The highest BCUT2D eigenvalue weighted by Crippen LogP contribution is 2.24. The van der Waals surface area contributed by atoms with Gasteiger partial charge in [0.15, 0.2) is 0 Å². The Morgan fingerprint density at radius 3 is 2.57 bits per heavy atom. The Labute approximate surface area is 86.4 Å².